The Morgan fingerprint density at radius 2 is 1.31 bits per heavy atom. The van der Waals surface area contributed by atoms with Gasteiger partial charge in [0.25, 0.3) is 0 Å². The highest BCUT2D eigenvalue weighted by molar-refractivity contribution is 7.25. The Bertz CT molecular complexity index is 877. The molecule has 0 saturated carbocycles. The molecule has 0 spiro atoms. The second-order valence-corrected chi connectivity index (χ2v) is 10.5. The molecule has 3 aromatic rings. The summed E-state index contributed by atoms with van der Waals surface area (Å²) >= 11 is 1.93. The van der Waals surface area contributed by atoms with Gasteiger partial charge >= 0.3 is 0 Å². The van der Waals surface area contributed by atoms with E-state index in [2.05, 4.69) is 63.5 Å². The van der Waals surface area contributed by atoms with Crippen molar-refractivity contribution in [3.8, 4) is 0 Å². The summed E-state index contributed by atoms with van der Waals surface area (Å²) < 4.78 is 3.93. The van der Waals surface area contributed by atoms with Crippen molar-refractivity contribution in [2.75, 3.05) is 20.6 Å². The van der Waals surface area contributed by atoms with Crippen molar-refractivity contribution < 1.29 is 4.48 Å². The SMILES string of the molecule is CCCCCCCCCCCC[N+](C)(C)Cc1cccc2sc3ccccc3c12. The minimum atomic E-state index is 1.08. The highest BCUT2D eigenvalue weighted by Crippen LogP contribution is 2.36. The molecule has 2 aromatic carbocycles. The lowest BCUT2D eigenvalue weighted by molar-refractivity contribution is -0.903. The number of thiophene rings is 1. The Balaban J connectivity index is 1.46. The molecule has 0 aliphatic rings. The maximum atomic E-state index is 2.40. The van der Waals surface area contributed by atoms with E-state index in [-0.39, 0.29) is 0 Å². The number of hydrogen-bond donors (Lipinski definition) is 0. The molecule has 0 bridgehead atoms. The number of unbranched alkanes of at least 4 members (excludes halogenated alkanes) is 9. The van der Waals surface area contributed by atoms with Crippen molar-refractivity contribution in [3.05, 3.63) is 48.0 Å². The first-order valence-electron chi connectivity index (χ1n) is 11.8. The van der Waals surface area contributed by atoms with Crippen LogP contribution in [0.4, 0.5) is 0 Å². The number of benzene rings is 2. The molecule has 0 aliphatic heterocycles. The van der Waals surface area contributed by atoms with E-state index in [4.69, 9.17) is 0 Å². The molecular formula is C27H40NS+. The first kappa shape index (κ1) is 22.3. The van der Waals surface area contributed by atoms with E-state index >= 15 is 0 Å². The number of rotatable bonds is 13. The quantitative estimate of drug-likeness (QED) is 0.195. The fourth-order valence-corrected chi connectivity index (χ4v) is 5.70. The minimum Gasteiger partial charge on any atom is -0.325 e. The molecule has 0 atom stereocenters. The van der Waals surface area contributed by atoms with Gasteiger partial charge in [0.05, 0.1) is 20.6 Å². The van der Waals surface area contributed by atoms with Crippen LogP contribution < -0.4 is 0 Å². The summed E-state index contributed by atoms with van der Waals surface area (Å²) in [4.78, 5) is 0. The van der Waals surface area contributed by atoms with Gasteiger partial charge in [0.15, 0.2) is 0 Å². The summed E-state index contributed by atoms with van der Waals surface area (Å²) in [7, 11) is 4.81. The Morgan fingerprint density at radius 1 is 0.690 bits per heavy atom. The topological polar surface area (TPSA) is 0 Å². The average molecular weight is 411 g/mol. The smallest absolute Gasteiger partial charge is 0.105 e. The predicted molar refractivity (Wildman–Crippen MR) is 132 cm³/mol. The summed E-state index contributed by atoms with van der Waals surface area (Å²) in [6.07, 6.45) is 14.1. The van der Waals surface area contributed by atoms with E-state index in [1.165, 1.54) is 96.5 Å². The second kappa shape index (κ2) is 11.1. The van der Waals surface area contributed by atoms with Gasteiger partial charge in [0.1, 0.15) is 6.54 Å². The fourth-order valence-electron chi connectivity index (χ4n) is 4.55. The third kappa shape index (κ3) is 6.55. The van der Waals surface area contributed by atoms with Crippen LogP contribution in [0, 0.1) is 0 Å². The minimum absolute atomic E-state index is 1.08. The molecule has 0 amide bonds. The Hall–Kier alpha value is -1.38. The van der Waals surface area contributed by atoms with E-state index in [1.54, 1.807) is 0 Å². The molecule has 0 radical (unpaired) electrons. The molecule has 1 heterocycles. The predicted octanol–water partition coefficient (Wildman–Crippen LogP) is 8.55. The Labute approximate surface area is 182 Å². The van der Waals surface area contributed by atoms with Gasteiger partial charge in [-0.2, -0.15) is 0 Å². The van der Waals surface area contributed by atoms with Crippen molar-refractivity contribution in [2.24, 2.45) is 0 Å². The largest absolute Gasteiger partial charge is 0.325 e. The lowest BCUT2D eigenvalue weighted by atomic mass is 10.0. The highest BCUT2D eigenvalue weighted by Gasteiger charge is 2.18. The standard InChI is InChI=1S/C27H40NS/c1-4-5-6-7-8-9-10-11-12-15-21-28(2,3)22-23-17-16-20-26-27(23)24-18-13-14-19-25(24)29-26/h13-14,16-20H,4-12,15,21-22H2,1-3H3/q+1. The molecule has 1 nitrogen and oxygen atoms in total. The van der Waals surface area contributed by atoms with Gasteiger partial charge in [-0.3, -0.25) is 0 Å². The van der Waals surface area contributed by atoms with Crippen LogP contribution >= 0.6 is 11.3 Å². The molecule has 0 fully saturated rings. The van der Waals surface area contributed by atoms with Crippen LogP contribution in [0.5, 0.6) is 0 Å². The summed E-state index contributed by atoms with van der Waals surface area (Å²) in [6.45, 7) is 4.69. The zero-order valence-corrected chi connectivity index (χ0v) is 19.7. The van der Waals surface area contributed by atoms with Crippen molar-refractivity contribution in [3.63, 3.8) is 0 Å². The van der Waals surface area contributed by atoms with Gasteiger partial charge in [0.2, 0.25) is 0 Å². The summed E-state index contributed by atoms with van der Waals surface area (Å²) in [5.74, 6) is 0. The van der Waals surface area contributed by atoms with Gasteiger partial charge in [-0.1, -0.05) is 88.6 Å². The third-order valence-corrected chi connectivity index (χ3v) is 7.34. The summed E-state index contributed by atoms with van der Waals surface area (Å²) in [5, 5.41) is 2.92. The molecule has 2 heteroatoms. The summed E-state index contributed by atoms with van der Waals surface area (Å²) in [5.41, 5.74) is 1.51. The maximum absolute atomic E-state index is 2.40. The van der Waals surface area contributed by atoms with Gasteiger partial charge < -0.3 is 4.48 Å². The molecule has 0 aliphatic carbocycles. The van der Waals surface area contributed by atoms with Gasteiger partial charge in [-0.15, -0.1) is 11.3 Å². The van der Waals surface area contributed by atoms with Crippen LogP contribution in [-0.2, 0) is 6.54 Å². The Kier molecular flexibility index (Phi) is 8.56. The lowest BCUT2D eigenvalue weighted by Crippen LogP contribution is -2.39. The number of quaternary nitrogens is 1. The fraction of sp³-hybridized carbons (Fsp3) is 0.556. The molecule has 158 valence electrons. The first-order valence-corrected chi connectivity index (χ1v) is 12.6. The second-order valence-electron chi connectivity index (χ2n) is 9.39. The zero-order valence-electron chi connectivity index (χ0n) is 18.9. The molecule has 29 heavy (non-hydrogen) atoms. The third-order valence-electron chi connectivity index (χ3n) is 6.20. The maximum Gasteiger partial charge on any atom is 0.105 e. The van der Waals surface area contributed by atoms with Gasteiger partial charge in [-0.05, 0) is 25.0 Å². The molecule has 1 aromatic heterocycles. The average Bonchev–Trinajstić information content (AvgIpc) is 3.09. The van der Waals surface area contributed by atoms with E-state index in [9.17, 15) is 0 Å². The number of hydrogen-bond acceptors (Lipinski definition) is 1. The van der Waals surface area contributed by atoms with Crippen LogP contribution in [0.3, 0.4) is 0 Å². The van der Waals surface area contributed by atoms with Crippen molar-refractivity contribution >= 4 is 31.5 Å². The number of fused-ring (bicyclic) bond motifs is 3. The van der Waals surface area contributed by atoms with Crippen molar-refractivity contribution in [2.45, 2.75) is 77.7 Å². The van der Waals surface area contributed by atoms with E-state index in [0.29, 0.717) is 0 Å². The van der Waals surface area contributed by atoms with Crippen LogP contribution in [0.15, 0.2) is 42.5 Å². The summed E-state index contributed by atoms with van der Waals surface area (Å²) in [6, 6.07) is 15.8. The zero-order chi connectivity index (χ0) is 20.5. The van der Waals surface area contributed by atoms with Gasteiger partial charge in [0, 0.05) is 25.7 Å². The van der Waals surface area contributed by atoms with E-state index in [1.807, 2.05) is 11.3 Å². The normalized spacial score (nSPS) is 12.2. The van der Waals surface area contributed by atoms with Crippen LogP contribution in [0.2, 0.25) is 0 Å². The molecule has 0 N–H and O–H groups in total. The van der Waals surface area contributed by atoms with E-state index in [0.717, 1.165) is 11.0 Å². The monoisotopic (exact) mass is 410 g/mol. The van der Waals surface area contributed by atoms with Crippen LogP contribution in [0.25, 0.3) is 20.2 Å². The van der Waals surface area contributed by atoms with Crippen LogP contribution in [0.1, 0.15) is 76.7 Å². The van der Waals surface area contributed by atoms with Gasteiger partial charge in [-0.25, -0.2) is 0 Å². The highest BCUT2D eigenvalue weighted by atomic mass is 32.1. The molecular weight excluding hydrogens is 370 g/mol. The van der Waals surface area contributed by atoms with Crippen LogP contribution in [-0.4, -0.2) is 25.1 Å². The van der Waals surface area contributed by atoms with Crippen molar-refractivity contribution in [1.29, 1.82) is 0 Å². The molecule has 3 rings (SSSR count). The van der Waals surface area contributed by atoms with E-state index < -0.39 is 0 Å². The van der Waals surface area contributed by atoms with Crippen molar-refractivity contribution in [1.82, 2.24) is 0 Å². The molecule has 0 unspecified atom stereocenters. The Morgan fingerprint density at radius 3 is 2.03 bits per heavy atom. The lowest BCUT2D eigenvalue weighted by Gasteiger charge is -2.30. The first-order chi connectivity index (χ1) is 14.1. The molecule has 0 saturated heterocycles. The number of nitrogens with zero attached hydrogens (tertiary/aromatic N) is 1.